The topological polar surface area (TPSA) is 53.1 Å². The van der Waals surface area contributed by atoms with Crippen molar-refractivity contribution in [1.82, 2.24) is 9.97 Å². The van der Waals surface area contributed by atoms with Crippen molar-refractivity contribution >= 4 is 44.7 Å². The van der Waals surface area contributed by atoms with Crippen molar-refractivity contribution in [2.75, 3.05) is 36.7 Å². The molecule has 108 valence electrons. The first-order valence-electron chi connectivity index (χ1n) is 6.65. The molecular formula is C15H17N5S. The Labute approximate surface area is 127 Å². The highest BCUT2D eigenvalue weighted by Crippen LogP contribution is 2.29. The van der Waals surface area contributed by atoms with E-state index in [1.165, 1.54) is 5.69 Å². The number of fused-ring (bicyclic) bond motifs is 1. The molecule has 2 aromatic heterocycles. The van der Waals surface area contributed by atoms with E-state index in [0.717, 1.165) is 21.7 Å². The highest BCUT2D eigenvalue weighted by molar-refractivity contribution is 7.16. The van der Waals surface area contributed by atoms with E-state index >= 15 is 0 Å². The summed E-state index contributed by atoms with van der Waals surface area (Å²) in [5.41, 5.74) is 2.17. The highest BCUT2D eigenvalue weighted by atomic mass is 32.1. The van der Waals surface area contributed by atoms with Gasteiger partial charge in [-0.1, -0.05) is 0 Å². The van der Waals surface area contributed by atoms with Gasteiger partial charge in [-0.05, 0) is 35.7 Å². The minimum absolute atomic E-state index is 0.623. The van der Waals surface area contributed by atoms with E-state index in [0.29, 0.717) is 5.95 Å². The van der Waals surface area contributed by atoms with Crippen LogP contribution in [-0.2, 0) is 0 Å². The highest BCUT2D eigenvalue weighted by Gasteiger charge is 2.08. The molecule has 0 saturated heterocycles. The fourth-order valence-corrected chi connectivity index (χ4v) is 2.81. The SMILES string of the molecule is CNc1nc(Nc2ccc(N(C)C)cc2)c2ccsc2n1. The van der Waals surface area contributed by atoms with Crippen molar-refractivity contribution in [2.45, 2.75) is 0 Å². The maximum atomic E-state index is 4.51. The van der Waals surface area contributed by atoms with Gasteiger partial charge in [0.15, 0.2) is 0 Å². The molecule has 0 radical (unpaired) electrons. The zero-order valence-corrected chi connectivity index (χ0v) is 13.0. The first-order chi connectivity index (χ1) is 10.2. The molecule has 0 amide bonds. The average Bonchev–Trinajstić information content (AvgIpc) is 2.96. The van der Waals surface area contributed by atoms with Gasteiger partial charge in [0.1, 0.15) is 10.6 Å². The van der Waals surface area contributed by atoms with E-state index in [1.54, 1.807) is 11.3 Å². The molecule has 0 fully saturated rings. The van der Waals surface area contributed by atoms with Gasteiger partial charge in [-0.2, -0.15) is 4.98 Å². The number of rotatable bonds is 4. The van der Waals surface area contributed by atoms with Gasteiger partial charge in [0.25, 0.3) is 0 Å². The first-order valence-corrected chi connectivity index (χ1v) is 7.53. The Morgan fingerprint density at radius 3 is 2.48 bits per heavy atom. The summed E-state index contributed by atoms with van der Waals surface area (Å²) in [4.78, 5) is 12.0. The third-order valence-corrected chi connectivity index (χ3v) is 4.00. The number of thiophene rings is 1. The summed E-state index contributed by atoms with van der Waals surface area (Å²) in [5.74, 6) is 1.44. The van der Waals surface area contributed by atoms with Crippen LogP contribution in [0, 0.1) is 0 Å². The fraction of sp³-hybridized carbons (Fsp3) is 0.200. The van der Waals surface area contributed by atoms with Crippen molar-refractivity contribution in [1.29, 1.82) is 0 Å². The zero-order valence-electron chi connectivity index (χ0n) is 12.2. The maximum absolute atomic E-state index is 4.51. The van der Waals surface area contributed by atoms with E-state index in [1.807, 2.05) is 32.6 Å². The van der Waals surface area contributed by atoms with Gasteiger partial charge < -0.3 is 15.5 Å². The van der Waals surface area contributed by atoms with E-state index in [-0.39, 0.29) is 0 Å². The summed E-state index contributed by atoms with van der Waals surface area (Å²) < 4.78 is 0. The molecule has 3 aromatic rings. The molecule has 5 nitrogen and oxygen atoms in total. The second-order valence-corrected chi connectivity index (χ2v) is 5.75. The monoisotopic (exact) mass is 299 g/mol. The van der Waals surface area contributed by atoms with Crippen molar-refractivity contribution in [3.8, 4) is 0 Å². The van der Waals surface area contributed by atoms with Crippen molar-refractivity contribution in [2.24, 2.45) is 0 Å². The number of hydrogen-bond donors (Lipinski definition) is 2. The van der Waals surface area contributed by atoms with Crippen LogP contribution in [0.4, 0.5) is 23.1 Å². The third-order valence-electron chi connectivity index (χ3n) is 3.20. The Hall–Kier alpha value is -2.34. The predicted octanol–water partition coefficient (Wildman–Crippen LogP) is 3.54. The molecule has 0 aliphatic heterocycles. The Morgan fingerprint density at radius 1 is 1.05 bits per heavy atom. The lowest BCUT2D eigenvalue weighted by Gasteiger charge is -2.13. The predicted molar refractivity (Wildman–Crippen MR) is 91.0 cm³/mol. The van der Waals surface area contributed by atoms with Crippen LogP contribution in [0.2, 0.25) is 0 Å². The standard InChI is InChI=1S/C15H17N5S/c1-16-15-18-13(12-8-9-21-14(12)19-15)17-10-4-6-11(7-5-10)20(2)3/h4-9H,1-3H3,(H2,16,17,18,19). The van der Waals surface area contributed by atoms with E-state index in [9.17, 15) is 0 Å². The summed E-state index contributed by atoms with van der Waals surface area (Å²) >= 11 is 1.61. The molecule has 0 spiro atoms. The molecule has 3 rings (SSSR count). The molecule has 0 bridgehead atoms. The molecule has 0 aliphatic carbocycles. The van der Waals surface area contributed by atoms with Gasteiger partial charge in [-0.3, -0.25) is 0 Å². The smallest absolute Gasteiger partial charge is 0.225 e. The zero-order chi connectivity index (χ0) is 14.8. The second kappa shape index (κ2) is 5.57. The molecule has 1 aromatic carbocycles. The number of anilines is 4. The van der Waals surface area contributed by atoms with Crippen molar-refractivity contribution in [3.05, 3.63) is 35.7 Å². The normalized spacial score (nSPS) is 10.6. The van der Waals surface area contributed by atoms with Crippen LogP contribution in [0.3, 0.4) is 0 Å². The summed E-state index contributed by atoms with van der Waals surface area (Å²) in [6.07, 6.45) is 0. The number of benzene rings is 1. The van der Waals surface area contributed by atoms with Crippen LogP contribution in [0.5, 0.6) is 0 Å². The van der Waals surface area contributed by atoms with Crippen LogP contribution in [-0.4, -0.2) is 31.1 Å². The lowest BCUT2D eigenvalue weighted by molar-refractivity contribution is 1.13. The number of aromatic nitrogens is 2. The van der Waals surface area contributed by atoms with Crippen molar-refractivity contribution < 1.29 is 0 Å². The minimum Gasteiger partial charge on any atom is -0.378 e. The Bertz CT molecular complexity index is 748. The van der Waals surface area contributed by atoms with Gasteiger partial charge in [0.2, 0.25) is 5.95 Å². The molecule has 2 N–H and O–H groups in total. The Balaban J connectivity index is 1.95. The van der Waals surface area contributed by atoms with E-state index < -0.39 is 0 Å². The number of nitrogens with zero attached hydrogens (tertiary/aromatic N) is 3. The first kappa shape index (κ1) is 13.6. The molecule has 2 heterocycles. The van der Waals surface area contributed by atoms with Crippen molar-refractivity contribution in [3.63, 3.8) is 0 Å². The summed E-state index contributed by atoms with van der Waals surface area (Å²) in [6.45, 7) is 0. The minimum atomic E-state index is 0.623. The molecule has 0 unspecified atom stereocenters. The maximum Gasteiger partial charge on any atom is 0.225 e. The van der Waals surface area contributed by atoms with E-state index in [2.05, 4.69) is 49.8 Å². The second-order valence-electron chi connectivity index (χ2n) is 4.85. The molecule has 0 atom stereocenters. The molecule has 21 heavy (non-hydrogen) atoms. The molecule has 6 heteroatoms. The Morgan fingerprint density at radius 2 is 1.81 bits per heavy atom. The Kier molecular flexibility index (Phi) is 3.62. The lowest BCUT2D eigenvalue weighted by atomic mass is 10.2. The molecular weight excluding hydrogens is 282 g/mol. The van der Waals surface area contributed by atoms with Crippen LogP contribution in [0.25, 0.3) is 10.2 Å². The van der Waals surface area contributed by atoms with Gasteiger partial charge in [0, 0.05) is 32.5 Å². The average molecular weight is 299 g/mol. The van der Waals surface area contributed by atoms with Gasteiger partial charge in [-0.15, -0.1) is 11.3 Å². The fourth-order valence-electron chi connectivity index (χ4n) is 2.04. The summed E-state index contributed by atoms with van der Waals surface area (Å²) in [5, 5.41) is 9.43. The molecule has 0 aliphatic rings. The van der Waals surface area contributed by atoms with Crippen LogP contribution in [0.1, 0.15) is 0 Å². The number of nitrogens with one attached hydrogen (secondary N) is 2. The van der Waals surface area contributed by atoms with Crippen LogP contribution in [0.15, 0.2) is 35.7 Å². The summed E-state index contributed by atoms with van der Waals surface area (Å²) in [7, 11) is 5.88. The largest absolute Gasteiger partial charge is 0.378 e. The summed E-state index contributed by atoms with van der Waals surface area (Å²) in [6, 6.07) is 10.3. The van der Waals surface area contributed by atoms with E-state index in [4.69, 9.17) is 0 Å². The van der Waals surface area contributed by atoms with Crippen LogP contribution >= 0.6 is 11.3 Å². The lowest BCUT2D eigenvalue weighted by Crippen LogP contribution is -2.08. The van der Waals surface area contributed by atoms with Gasteiger partial charge >= 0.3 is 0 Å². The number of hydrogen-bond acceptors (Lipinski definition) is 6. The quantitative estimate of drug-likeness (QED) is 0.771. The van der Waals surface area contributed by atoms with Crippen LogP contribution < -0.4 is 15.5 Å². The van der Waals surface area contributed by atoms with Gasteiger partial charge in [0.05, 0.1) is 5.39 Å². The third kappa shape index (κ3) is 2.75. The molecule has 0 saturated carbocycles. The van der Waals surface area contributed by atoms with Gasteiger partial charge in [-0.25, -0.2) is 4.98 Å².